The fraction of sp³-hybridized carbons (Fsp3) is 0.364. The quantitative estimate of drug-likeness (QED) is 0.248. The van der Waals surface area contributed by atoms with Gasteiger partial charge in [-0.2, -0.15) is 5.26 Å². The van der Waals surface area contributed by atoms with Crippen molar-refractivity contribution in [2.45, 2.75) is 68.9 Å². The molecule has 3 aromatic carbocycles. The summed E-state index contributed by atoms with van der Waals surface area (Å²) in [6.45, 7) is 2.12. The second kappa shape index (κ2) is 12.2. The number of para-hydroxylation sites is 1. The maximum Gasteiger partial charge on any atom is 0.337 e. The molecule has 0 unspecified atom stereocenters. The largest absolute Gasteiger partial charge is 0.478 e. The Hall–Kier alpha value is -3.51. The Balaban J connectivity index is 1.72. The summed E-state index contributed by atoms with van der Waals surface area (Å²) in [5, 5.41) is 26.7. The van der Waals surface area contributed by atoms with Gasteiger partial charge in [-0.15, -0.1) is 0 Å². The van der Waals surface area contributed by atoms with E-state index in [0.717, 1.165) is 38.2 Å². The third kappa shape index (κ3) is 5.74. The molecular formula is C33H31Cl2F2N3O3. The van der Waals surface area contributed by atoms with Gasteiger partial charge in [0, 0.05) is 22.5 Å². The zero-order valence-corrected chi connectivity index (χ0v) is 25.0. The fourth-order valence-corrected chi connectivity index (χ4v) is 7.38. The van der Waals surface area contributed by atoms with Gasteiger partial charge in [-0.25, -0.2) is 13.6 Å². The predicted octanol–water partition coefficient (Wildman–Crippen LogP) is 7.85. The maximum absolute atomic E-state index is 15.9. The van der Waals surface area contributed by atoms with Crippen molar-refractivity contribution in [2.24, 2.45) is 5.41 Å². The molecule has 0 aromatic heterocycles. The first-order valence-corrected chi connectivity index (χ1v) is 15.0. The van der Waals surface area contributed by atoms with Crippen LogP contribution < -0.4 is 10.6 Å². The van der Waals surface area contributed by atoms with Crippen molar-refractivity contribution < 1.29 is 23.5 Å². The van der Waals surface area contributed by atoms with Gasteiger partial charge in [-0.3, -0.25) is 4.79 Å². The van der Waals surface area contributed by atoms with Crippen LogP contribution in [0.5, 0.6) is 0 Å². The Morgan fingerprint density at radius 3 is 2.47 bits per heavy atom. The summed E-state index contributed by atoms with van der Waals surface area (Å²) >= 11 is 12.3. The first kappa shape index (κ1) is 30.9. The molecule has 2 fully saturated rings. The van der Waals surface area contributed by atoms with Crippen molar-refractivity contribution in [2.75, 3.05) is 5.32 Å². The van der Waals surface area contributed by atoms with E-state index in [1.54, 1.807) is 6.07 Å². The van der Waals surface area contributed by atoms with Crippen LogP contribution in [0.4, 0.5) is 14.5 Å². The third-order valence-corrected chi connectivity index (χ3v) is 9.62. The van der Waals surface area contributed by atoms with Crippen LogP contribution in [0.2, 0.25) is 10.0 Å². The standard InChI is InChI=1S/C33H31Cl2F2N3O3/c1-32(14-5-2-6-15-32)17-26-33(18-38,22-13-12-19(34)16-24(22)36)27(21-9-7-10-23(35)28(21)37)29(40-26)30(41)39-25-11-4-3-8-20(25)31(42)43/h3-4,7-13,16,26-27,29,40H,2,5-6,14-15,17H2,1H3,(H,39,41)(H,42,43)/t26-,27-,29+,33-/m1/s1. The number of hydrogen-bond acceptors (Lipinski definition) is 4. The van der Waals surface area contributed by atoms with Crippen molar-refractivity contribution >= 4 is 40.8 Å². The van der Waals surface area contributed by atoms with Crippen LogP contribution in [-0.4, -0.2) is 29.1 Å². The highest BCUT2D eigenvalue weighted by Gasteiger charge is 2.61. The molecular weight excluding hydrogens is 595 g/mol. The Morgan fingerprint density at radius 2 is 1.79 bits per heavy atom. The minimum atomic E-state index is -1.77. The van der Waals surface area contributed by atoms with Gasteiger partial charge in [-0.05, 0) is 60.6 Å². The molecule has 1 amide bonds. The summed E-state index contributed by atoms with van der Waals surface area (Å²) in [4.78, 5) is 26.0. The molecule has 3 aromatic rings. The summed E-state index contributed by atoms with van der Waals surface area (Å²) in [6.07, 6.45) is 5.27. The lowest BCUT2D eigenvalue weighted by Gasteiger charge is -2.41. The van der Waals surface area contributed by atoms with E-state index in [2.05, 4.69) is 23.6 Å². The number of anilines is 1. The van der Waals surface area contributed by atoms with E-state index in [9.17, 15) is 20.0 Å². The van der Waals surface area contributed by atoms with Crippen LogP contribution in [0.3, 0.4) is 0 Å². The predicted molar refractivity (Wildman–Crippen MR) is 161 cm³/mol. The average molecular weight is 627 g/mol. The van der Waals surface area contributed by atoms with E-state index in [0.29, 0.717) is 6.42 Å². The molecule has 224 valence electrons. The molecule has 0 spiro atoms. The fourth-order valence-electron chi connectivity index (χ4n) is 7.04. The number of carboxylic acids is 1. The molecule has 0 radical (unpaired) electrons. The summed E-state index contributed by atoms with van der Waals surface area (Å²) < 4.78 is 31.8. The van der Waals surface area contributed by atoms with Crippen LogP contribution in [0.25, 0.3) is 0 Å². The molecule has 2 aliphatic rings. The average Bonchev–Trinajstić information content (AvgIpc) is 3.28. The molecule has 1 saturated carbocycles. The van der Waals surface area contributed by atoms with E-state index in [1.165, 1.54) is 48.5 Å². The molecule has 1 aliphatic carbocycles. The number of aromatic carboxylic acids is 1. The molecule has 1 heterocycles. The number of benzene rings is 3. The van der Waals surface area contributed by atoms with Gasteiger partial charge in [0.15, 0.2) is 0 Å². The molecule has 4 atom stereocenters. The maximum atomic E-state index is 15.9. The number of nitrogens with zero attached hydrogens (tertiary/aromatic N) is 1. The van der Waals surface area contributed by atoms with Crippen molar-refractivity contribution in [1.82, 2.24) is 5.32 Å². The van der Waals surface area contributed by atoms with Crippen molar-refractivity contribution in [3.8, 4) is 6.07 Å². The van der Waals surface area contributed by atoms with Gasteiger partial charge in [0.2, 0.25) is 5.91 Å². The third-order valence-electron chi connectivity index (χ3n) is 9.09. The van der Waals surface area contributed by atoms with E-state index < -0.39 is 46.9 Å². The van der Waals surface area contributed by atoms with Gasteiger partial charge in [0.1, 0.15) is 17.0 Å². The van der Waals surface area contributed by atoms with E-state index in [1.807, 2.05) is 0 Å². The molecule has 6 nitrogen and oxygen atoms in total. The second-order valence-corrected chi connectivity index (χ2v) is 12.7. The Bertz CT molecular complexity index is 1600. The lowest BCUT2D eigenvalue weighted by molar-refractivity contribution is -0.118. The van der Waals surface area contributed by atoms with E-state index in [4.69, 9.17) is 23.2 Å². The summed E-state index contributed by atoms with van der Waals surface area (Å²) in [7, 11) is 0. The van der Waals surface area contributed by atoms with Crippen molar-refractivity contribution in [3.63, 3.8) is 0 Å². The normalized spacial score (nSPS) is 24.7. The van der Waals surface area contributed by atoms with E-state index >= 15 is 8.78 Å². The van der Waals surface area contributed by atoms with Gasteiger partial charge in [0.05, 0.1) is 28.4 Å². The molecule has 10 heteroatoms. The van der Waals surface area contributed by atoms with Crippen LogP contribution in [0, 0.1) is 28.4 Å². The van der Waals surface area contributed by atoms with Crippen LogP contribution in [-0.2, 0) is 10.2 Å². The minimum absolute atomic E-state index is 0.0121. The number of halogens is 4. The highest BCUT2D eigenvalue weighted by atomic mass is 35.5. The Morgan fingerprint density at radius 1 is 1.07 bits per heavy atom. The summed E-state index contributed by atoms with van der Waals surface area (Å²) in [5.74, 6) is -4.76. The number of hydrogen-bond donors (Lipinski definition) is 3. The van der Waals surface area contributed by atoms with Gasteiger partial charge in [0.25, 0.3) is 0 Å². The lowest BCUT2D eigenvalue weighted by Crippen LogP contribution is -2.46. The van der Waals surface area contributed by atoms with Gasteiger partial charge < -0.3 is 15.7 Å². The van der Waals surface area contributed by atoms with Crippen LogP contribution in [0.1, 0.15) is 72.9 Å². The lowest BCUT2D eigenvalue weighted by atomic mass is 9.61. The zero-order valence-electron chi connectivity index (χ0n) is 23.5. The van der Waals surface area contributed by atoms with Gasteiger partial charge >= 0.3 is 5.97 Å². The monoisotopic (exact) mass is 625 g/mol. The SMILES string of the molecule is CC1(C[C@H]2N[C@H](C(=O)Nc3ccccc3C(=O)O)[C@@H](c3cccc(Cl)c3F)[C@]2(C#N)c2ccc(Cl)cc2F)CCCCC1. The Kier molecular flexibility index (Phi) is 8.80. The second-order valence-electron chi connectivity index (χ2n) is 11.8. The molecule has 43 heavy (non-hydrogen) atoms. The number of nitriles is 1. The molecule has 1 saturated heterocycles. The smallest absolute Gasteiger partial charge is 0.337 e. The molecule has 0 bridgehead atoms. The summed E-state index contributed by atoms with van der Waals surface area (Å²) in [6, 6.07) is 14.5. The number of carbonyl (C=O) groups is 2. The van der Waals surface area contributed by atoms with Crippen molar-refractivity contribution in [1.29, 1.82) is 5.26 Å². The minimum Gasteiger partial charge on any atom is -0.478 e. The first-order valence-electron chi connectivity index (χ1n) is 14.2. The van der Waals surface area contributed by atoms with Gasteiger partial charge in [-0.1, -0.05) is 79.7 Å². The molecule has 1 aliphatic heterocycles. The first-order chi connectivity index (χ1) is 20.5. The Labute approximate surface area is 259 Å². The number of carbonyl (C=O) groups excluding carboxylic acids is 1. The highest BCUT2D eigenvalue weighted by molar-refractivity contribution is 6.31. The van der Waals surface area contributed by atoms with Crippen molar-refractivity contribution in [3.05, 3.63) is 99.0 Å². The highest BCUT2D eigenvalue weighted by Crippen LogP contribution is 2.54. The number of rotatable bonds is 7. The van der Waals surface area contributed by atoms with E-state index in [-0.39, 0.29) is 37.8 Å². The zero-order chi connectivity index (χ0) is 30.9. The number of amides is 1. The number of carboxylic acid groups (broad SMARTS) is 1. The molecule has 5 rings (SSSR count). The van der Waals surface area contributed by atoms with Crippen LogP contribution in [0.15, 0.2) is 60.7 Å². The molecule has 3 N–H and O–H groups in total. The number of nitrogens with one attached hydrogen (secondary N) is 2. The topological polar surface area (TPSA) is 102 Å². The summed E-state index contributed by atoms with van der Waals surface area (Å²) in [5.41, 5.74) is -2.13. The van der Waals surface area contributed by atoms with Crippen LogP contribution >= 0.6 is 23.2 Å².